The number of benzene rings is 2. The molecule has 2 rings (SSSR count). The summed E-state index contributed by atoms with van der Waals surface area (Å²) in [6.45, 7) is 7.13. The minimum atomic E-state index is -3.94. The first-order chi connectivity index (χ1) is 11.3. The average molecular weight is 347 g/mol. The van der Waals surface area contributed by atoms with Crippen molar-refractivity contribution >= 4 is 15.5 Å². The first-order valence-electron chi connectivity index (χ1n) is 6.84. The number of sulfone groups is 1. The second-order valence-corrected chi connectivity index (χ2v) is 7.06. The zero-order valence-electron chi connectivity index (χ0n) is 13.0. The van der Waals surface area contributed by atoms with Gasteiger partial charge in [-0.2, -0.15) is 0 Å². The number of nitro groups is 1. The van der Waals surface area contributed by atoms with E-state index >= 15 is 0 Å². The van der Waals surface area contributed by atoms with Crippen LogP contribution < -0.4 is 4.74 Å². The van der Waals surface area contributed by atoms with Gasteiger partial charge in [-0.1, -0.05) is 22.5 Å². The monoisotopic (exact) mass is 347 g/mol. The van der Waals surface area contributed by atoms with Crippen LogP contribution in [0.2, 0.25) is 0 Å². The van der Waals surface area contributed by atoms with Crippen molar-refractivity contribution in [1.82, 2.24) is 0 Å². The quantitative estimate of drug-likeness (QED) is 0.611. The van der Waals surface area contributed by atoms with Crippen LogP contribution in [0.3, 0.4) is 0 Å². The first kappa shape index (κ1) is 17.4. The third kappa shape index (κ3) is 3.21. The highest BCUT2D eigenvalue weighted by Crippen LogP contribution is 2.35. The van der Waals surface area contributed by atoms with Crippen molar-refractivity contribution in [1.29, 1.82) is 0 Å². The minimum Gasteiger partial charge on any atom is -0.490 e. The molecule has 0 bridgehead atoms. The van der Waals surface area contributed by atoms with E-state index in [4.69, 9.17) is 11.3 Å². The number of nitrogens with zero attached hydrogens (tertiary/aromatic N) is 2. The van der Waals surface area contributed by atoms with Gasteiger partial charge < -0.3 is 4.74 Å². The number of nitro benzene ring substituents is 1. The molecule has 0 saturated heterocycles. The van der Waals surface area contributed by atoms with Gasteiger partial charge in [0, 0.05) is 6.07 Å². The maximum absolute atomic E-state index is 12.7. The summed E-state index contributed by atoms with van der Waals surface area (Å²) in [5.41, 5.74) is 0.628. The molecule has 2 aromatic carbocycles. The van der Waals surface area contributed by atoms with Crippen LogP contribution in [0, 0.1) is 23.6 Å². The summed E-state index contributed by atoms with van der Waals surface area (Å²) in [5, 5.41) is 9.66. The molecule has 0 aliphatic carbocycles. The molecule has 7 nitrogen and oxygen atoms in total. The van der Waals surface area contributed by atoms with Gasteiger partial charge in [0.15, 0.2) is 5.75 Å². The van der Waals surface area contributed by atoms with Crippen molar-refractivity contribution in [2.45, 2.75) is 17.2 Å². The standard InChI is InChI=1S/C16H15N2O5S/c1-11-4-7-13(8-5-11)24(21,22)16(17-2)12-6-9-15(23-3)14(10-12)18(19)20/h2,4-10,16H,1,3H3/q+1. The summed E-state index contributed by atoms with van der Waals surface area (Å²) < 4.78 is 30.4. The summed E-state index contributed by atoms with van der Waals surface area (Å²) in [5.74, 6) is 0.0206. The molecule has 2 aromatic rings. The molecule has 0 aliphatic heterocycles. The van der Waals surface area contributed by atoms with Crippen molar-refractivity contribution < 1.29 is 18.1 Å². The fourth-order valence-corrected chi connectivity index (χ4v) is 3.64. The maximum Gasteiger partial charge on any atom is 0.398 e. The van der Waals surface area contributed by atoms with Crippen LogP contribution in [0.5, 0.6) is 5.75 Å². The van der Waals surface area contributed by atoms with E-state index in [1.165, 1.54) is 31.4 Å². The van der Waals surface area contributed by atoms with E-state index in [0.717, 1.165) is 11.6 Å². The fourth-order valence-electron chi connectivity index (χ4n) is 2.21. The molecular weight excluding hydrogens is 332 g/mol. The number of methoxy groups -OCH3 is 1. The number of hydrogen-bond donors (Lipinski definition) is 0. The highest BCUT2D eigenvalue weighted by atomic mass is 32.2. The lowest BCUT2D eigenvalue weighted by Crippen LogP contribution is -2.11. The molecule has 0 heterocycles. The Balaban J connectivity index is 2.56. The van der Waals surface area contributed by atoms with Gasteiger partial charge >= 0.3 is 11.1 Å². The van der Waals surface area contributed by atoms with Crippen LogP contribution in [-0.2, 0) is 9.84 Å². The molecule has 0 aliphatic rings. The van der Waals surface area contributed by atoms with Crippen LogP contribution in [0.1, 0.15) is 16.5 Å². The lowest BCUT2D eigenvalue weighted by atomic mass is 10.2. The number of aryl methyl sites for hydroxylation is 1. The van der Waals surface area contributed by atoms with Crippen LogP contribution in [0.4, 0.5) is 5.69 Å². The Morgan fingerprint density at radius 2 is 1.83 bits per heavy atom. The van der Waals surface area contributed by atoms with Crippen LogP contribution in [-0.4, -0.2) is 20.5 Å². The molecule has 8 heteroatoms. The van der Waals surface area contributed by atoms with Gasteiger partial charge in [-0.05, 0) is 31.2 Å². The molecule has 1 atom stereocenters. The van der Waals surface area contributed by atoms with Gasteiger partial charge in [0.05, 0.1) is 22.5 Å². The zero-order chi connectivity index (χ0) is 17.9. The largest absolute Gasteiger partial charge is 0.490 e. The van der Waals surface area contributed by atoms with E-state index in [0.29, 0.717) is 0 Å². The van der Waals surface area contributed by atoms with E-state index in [-0.39, 0.29) is 21.9 Å². The molecule has 0 saturated carbocycles. The van der Waals surface area contributed by atoms with Crippen molar-refractivity contribution in [3.05, 3.63) is 68.6 Å². The second kappa shape index (κ2) is 6.68. The van der Waals surface area contributed by atoms with E-state index in [9.17, 15) is 18.5 Å². The van der Waals surface area contributed by atoms with Crippen molar-refractivity contribution in [3.8, 4) is 12.3 Å². The van der Waals surface area contributed by atoms with Crippen LogP contribution >= 0.6 is 0 Å². The molecule has 0 amide bonds. The lowest BCUT2D eigenvalue weighted by molar-refractivity contribution is -0.385. The molecular formula is C16H15N2O5S+. The Morgan fingerprint density at radius 1 is 1.21 bits per heavy atom. The van der Waals surface area contributed by atoms with Gasteiger partial charge in [0.1, 0.15) is 0 Å². The summed E-state index contributed by atoms with van der Waals surface area (Å²) in [6, 6.07) is 10.00. The number of ether oxygens (including phenoxy) is 1. The number of rotatable bonds is 5. The molecule has 1 unspecified atom stereocenters. The molecule has 124 valence electrons. The van der Waals surface area contributed by atoms with E-state index < -0.39 is 20.1 Å². The van der Waals surface area contributed by atoms with Crippen molar-refractivity contribution in [3.63, 3.8) is 0 Å². The molecule has 0 radical (unpaired) electrons. The number of hydrogen-bond acceptors (Lipinski definition) is 5. The molecule has 0 spiro atoms. The third-order valence-electron chi connectivity index (χ3n) is 3.46. The summed E-state index contributed by atoms with van der Waals surface area (Å²) in [6.07, 6.45) is 0. The van der Waals surface area contributed by atoms with E-state index in [1.54, 1.807) is 12.1 Å². The molecule has 24 heavy (non-hydrogen) atoms. The van der Waals surface area contributed by atoms with Gasteiger partial charge in [-0.25, -0.2) is 8.42 Å². The van der Waals surface area contributed by atoms with E-state index in [1.807, 2.05) is 6.92 Å². The van der Waals surface area contributed by atoms with Gasteiger partial charge in [-0.3, -0.25) is 10.1 Å². The summed E-state index contributed by atoms with van der Waals surface area (Å²) in [4.78, 5) is 13.9. The fraction of sp³-hybridized carbons (Fsp3) is 0.188. The maximum atomic E-state index is 12.7. The highest BCUT2D eigenvalue weighted by Gasteiger charge is 2.39. The Hall–Kier alpha value is -2.92. The Bertz CT molecular complexity index is 914. The van der Waals surface area contributed by atoms with Gasteiger partial charge in [0.25, 0.3) is 16.4 Å². The van der Waals surface area contributed by atoms with E-state index in [2.05, 4.69) is 4.85 Å². The topological polar surface area (TPSA) is 90.9 Å². The van der Waals surface area contributed by atoms with Gasteiger partial charge in [-0.15, -0.1) is 0 Å². The van der Waals surface area contributed by atoms with Gasteiger partial charge in [0.2, 0.25) is 0 Å². The Labute approximate surface area is 139 Å². The zero-order valence-corrected chi connectivity index (χ0v) is 13.9. The van der Waals surface area contributed by atoms with Crippen LogP contribution in [0.25, 0.3) is 4.85 Å². The second-order valence-electron chi connectivity index (χ2n) is 5.05. The first-order valence-corrected chi connectivity index (χ1v) is 8.39. The van der Waals surface area contributed by atoms with Crippen molar-refractivity contribution in [2.24, 2.45) is 0 Å². The molecule has 0 fully saturated rings. The molecule has 0 aromatic heterocycles. The predicted molar refractivity (Wildman–Crippen MR) is 89.1 cm³/mol. The summed E-state index contributed by atoms with van der Waals surface area (Å²) >= 11 is 0. The minimum absolute atomic E-state index is 0.0206. The summed E-state index contributed by atoms with van der Waals surface area (Å²) in [7, 11) is -2.65. The molecule has 0 N–H and O–H groups in total. The average Bonchev–Trinajstić information content (AvgIpc) is 2.55. The smallest absolute Gasteiger partial charge is 0.398 e. The highest BCUT2D eigenvalue weighted by molar-refractivity contribution is 7.91. The Morgan fingerprint density at radius 3 is 2.33 bits per heavy atom. The normalized spacial score (nSPS) is 12.2. The third-order valence-corrected chi connectivity index (χ3v) is 5.37. The SMILES string of the molecule is C#[N+]C(c1ccc(OC)c([N+](=O)[O-])c1)S(=O)(=O)c1ccc(C)cc1. The van der Waals surface area contributed by atoms with Crippen molar-refractivity contribution in [2.75, 3.05) is 7.11 Å². The predicted octanol–water partition coefficient (Wildman–Crippen LogP) is 3.35. The Kier molecular flexibility index (Phi) is 4.85. The lowest BCUT2D eigenvalue weighted by Gasteiger charge is -2.07. The van der Waals surface area contributed by atoms with Crippen LogP contribution in [0.15, 0.2) is 47.4 Å².